The first-order chi connectivity index (χ1) is 8.97. The molecule has 0 radical (unpaired) electrons. The van der Waals surface area contributed by atoms with Gasteiger partial charge in [-0.3, -0.25) is 5.43 Å². The molecule has 0 unspecified atom stereocenters. The first-order valence-corrected chi connectivity index (χ1v) is 7.61. The van der Waals surface area contributed by atoms with Crippen LogP contribution in [0.4, 0.5) is 4.79 Å². The summed E-state index contributed by atoms with van der Waals surface area (Å²) in [7, 11) is -3.81. The van der Waals surface area contributed by atoms with Crippen LogP contribution in [0.25, 0.3) is 0 Å². The van der Waals surface area contributed by atoms with Crippen LogP contribution in [0.2, 0.25) is 0 Å². The number of nitrogens with one attached hydrogen (secondary N) is 2. The molecule has 2 rings (SSSR count). The van der Waals surface area contributed by atoms with Crippen molar-refractivity contribution < 1.29 is 13.2 Å². The summed E-state index contributed by atoms with van der Waals surface area (Å²) < 4.78 is 25.9. The van der Waals surface area contributed by atoms with Crippen molar-refractivity contribution in [2.75, 3.05) is 13.1 Å². The zero-order valence-corrected chi connectivity index (χ0v) is 11.5. The van der Waals surface area contributed by atoms with Gasteiger partial charge in [0.1, 0.15) is 0 Å². The summed E-state index contributed by atoms with van der Waals surface area (Å²) >= 11 is 0. The number of hydrogen-bond donors (Lipinski definition) is 2. The van der Waals surface area contributed by atoms with E-state index in [1.807, 2.05) is 11.6 Å². The van der Waals surface area contributed by atoms with Gasteiger partial charge < -0.3 is 0 Å². The molecule has 7 heteroatoms. The number of benzene rings is 1. The Labute approximate surface area is 112 Å². The molecule has 0 spiro atoms. The number of urea groups is 1. The van der Waals surface area contributed by atoms with E-state index in [2.05, 4.69) is 5.43 Å². The second-order valence-electron chi connectivity index (χ2n) is 4.55. The molecule has 104 valence electrons. The Kier molecular flexibility index (Phi) is 4.06. The molecular formula is C12H17N3O3S. The van der Waals surface area contributed by atoms with E-state index in [1.165, 1.54) is 12.1 Å². The molecule has 1 aromatic rings. The number of hydrazine groups is 1. The maximum atomic E-state index is 11.9. The van der Waals surface area contributed by atoms with Crippen LogP contribution in [-0.2, 0) is 10.0 Å². The van der Waals surface area contributed by atoms with Crippen molar-refractivity contribution in [2.45, 2.75) is 24.7 Å². The summed E-state index contributed by atoms with van der Waals surface area (Å²) in [4.78, 5) is 11.7. The lowest BCUT2D eigenvalue weighted by atomic mass is 10.2. The van der Waals surface area contributed by atoms with E-state index < -0.39 is 16.1 Å². The average Bonchev–Trinajstić information content (AvgIpc) is 2.81. The molecule has 1 heterocycles. The Bertz CT molecular complexity index is 548. The van der Waals surface area contributed by atoms with Gasteiger partial charge in [0.25, 0.3) is 10.0 Å². The number of aryl methyl sites for hydroxylation is 1. The number of nitrogens with zero attached hydrogens (tertiary/aromatic N) is 1. The van der Waals surface area contributed by atoms with Crippen LogP contribution in [0.3, 0.4) is 0 Å². The topological polar surface area (TPSA) is 78.5 Å². The Morgan fingerprint density at radius 2 is 1.74 bits per heavy atom. The van der Waals surface area contributed by atoms with Crippen LogP contribution in [0, 0.1) is 6.92 Å². The molecule has 0 aliphatic carbocycles. The predicted octanol–water partition coefficient (Wildman–Crippen LogP) is 0.994. The van der Waals surface area contributed by atoms with Crippen molar-refractivity contribution >= 4 is 16.1 Å². The maximum Gasteiger partial charge on any atom is 0.343 e. The Balaban J connectivity index is 2.00. The molecule has 0 aromatic heterocycles. The minimum Gasteiger partial charge on any atom is -0.270 e. The Morgan fingerprint density at radius 1 is 1.16 bits per heavy atom. The van der Waals surface area contributed by atoms with E-state index in [1.54, 1.807) is 17.1 Å². The molecule has 1 saturated heterocycles. The van der Waals surface area contributed by atoms with Crippen LogP contribution in [0.1, 0.15) is 18.4 Å². The van der Waals surface area contributed by atoms with E-state index in [9.17, 15) is 13.2 Å². The number of carbonyl (C=O) groups excluding carboxylic acids is 1. The third kappa shape index (κ3) is 3.68. The van der Waals surface area contributed by atoms with Crippen LogP contribution in [0.15, 0.2) is 29.2 Å². The van der Waals surface area contributed by atoms with Gasteiger partial charge in [0.15, 0.2) is 0 Å². The van der Waals surface area contributed by atoms with Crippen molar-refractivity contribution in [1.29, 1.82) is 0 Å². The van der Waals surface area contributed by atoms with E-state index in [-0.39, 0.29) is 4.90 Å². The molecule has 2 amide bonds. The fourth-order valence-electron chi connectivity index (χ4n) is 1.89. The fraction of sp³-hybridized carbons (Fsp3) is 0.417. The lowest BCUT2D eigenvalue weighted by Gasteiger charge is -2.16. The van der Waals surface area contributed by atoms with Crippen molar-refractivity contribution in [3.05, 3.63) is 29.8 Å². The zero-order valence-electron chi connectivity index (χ0n) is 10.7. The molecule has 0 atom stereocenters. The lowest BCUT2D eigenvalue weighted by Crippen LogP contribution is -2.47. The Morgan fingerprint density at radius 3 is 2.32 bits per heavy atom. The summed E-state index contributed by atoms with van der Waals surface area (Å²) in [6, 6.07) is 5.60. The third-order valence-electron chi connectivity index (χ3n) is 2.92. The van der Waals surface area contributed by atoms with Crippen molar-refractivity contribution in [2.24, 2.45) is 0 Å². The van der Waals surface area contributed by atoms with E-state index >= 15 is 0 Å². The average molecular weight is 283 g/mol. The molecule has 19 heavy (non-hydrogen) atoms. The monoisotopic (exact) mass is 283 g/mol. The van der Waals surface area contributed by atoms with Gasteiger partial charge in [-0.15, -0.1) is 0 Å². The summed E-state index contributed by atoms with van der Waals surface area (Å²) in [6.45, 7) is 3.36. The van der Waals surface area contributed by atoms with Crippen LogP contribution < -0.4 is 10.1 Å². The summed E-state index contributed by atoms with van der Waals surface area (Å²) in [5.74, 6) is 0. The van der Waals surface area contributed by atoms with E-state index in [0.29, 0.717) is 0 Å². The molecular weight excluding hydrogens is 266 g/mol. The van der Waals surface area contributed by atoms with E-state index in [4.69, 9.17) is 0 Å². The lowest BCUT2D eigenvalue weighted by molar-refractivity contribution is 0.202. The summed E-state index contributed by atoms with van der Waals surface area (Å²) in [5.41, 5.74) is 3.48. The second-order valence-corrected chi connectivity index (χ2v) is 6.24. The number of amides is 2. The van der Waals surface area contributed by atoms with Crippen molar-refractivity contribution in [3.8, 4) is 0 Å². The Hall–Kier alpha value is -1.60. The van der Waals surface area contributed by atoms with Gasteiger partial charge in [0.2, 0.25) is 0 Å². The normalized spacial score (nSPS) is 16.3. The first-order valence-electron chi connectivity index (χ1n) is 6.12. The highest BCUT2D eigenvalue weighted by Gasteiger charge is 2.20. The van der Waals surface area contributed by atoms with E-state index in [0.717, 1.165) is 31.5 Å². The van der Waals surface area contributed by atoms with Gasteiger partial charge in [-0.1, -0.05) is 17.7 Å². The zero-order chi connectivity index (χ0) is 13.9. The molecule has 1 aromatic carbocycles. The third-order valence-corrected chi connectivity index (χ3v) is 4.27. The van der Waals surface area contributed by atoms with Gasteiger partial charge in [0, 0.05) is 13.1 Å². The van der Waals surface area contributed by atoms with Gasteiger partial charge in [0.05, 0.1) is 4.90 Å². The van der Waals surface area contributed by atoms with Crippen molar-refractivity contribution in [1.82, 2.24) is 15.2 Å². The maximum absolute atomic E-state index is 11.9. The van der Waals surface area contributed by atoms with Gasteiger partial charge in [-0.05, 0) is 31.9 Å². The number of carbonyl (C=O) groups is 1. The summed E-state index contributed by atoms with van der Waals surface area (Å²) in [5, 5.41) is 1.71. The second kappa shape index (κ2) is 5.58. The van der Waals surface area contributed by atoms with Gasteiger partial charge in [-0.2, -0.15) is 0 Å². The van der Waals surface area contributed by atoms with Crippen LogP contribution in [-0.4, -0.2) is 32.5 Å². The van der Waals surface area contributed by atoms with Gasteiger partial charge in [-0.25, -0.2) is 22.9 Å². The highest BCUT2D eigenvalue weighted by molar-refractivity contribution is 7.90. The standard InChI is InChI=1S/C12H17N3O3S/c1-10-4-6-11(7-5-10)19(17,18)14-12(16)13-15-8-2-3-9-15/h4-7H,2-3,8-9H2,1H3,(H2,13,14,16). The molecule has 0 saturated carbocycles. The molecule has 1 fully saturated rings. The molecule has 0 bridgehead atoms. The number of sulfonamides is 1. The fourth-order valence-corrected chi connectivity index (χ4v) is 2.80. The van der Waals surface area contributed by atoms with Gasteiger partial charge >= 0.3 is 6.03 Å². The minimum absolute atomic E-state index is 0.0784. The number of rotatable bonds is 3. The van der Waals surface area contributed by atoms with Crippen LogP contribution >= 0.6 is 0 Å². The molecule has 1 aliphatic rings. The van der Waals surface area contributed by atoms with Crippen molar-refractivity contribution in [3.63, 3.8) is 0 Å². The minimum atomic E-state index is -3.81. The summed E-state index contributed by atoms with van der Waals surface area (Å²) in [6.07, 6.45) is 2.01. The first kappa shape index (κ1) is 13.8. The largest absolute Gasteiger partial charge is 0.343 e. The van der Waals surface area contributed by atoms with Crippen LogP contribution in [0.5, 0.6) is 0 Å². The predicted molar refractivity (Wildman–Crippen MR) is 70.8 cm³/mol. The smallest absolute Gasteiger partial charge is 0.270 e. The quantitative estimate of drug-likeness (QED) is 0.867. The highest BCUT2D eigenvalue weighted by atomic mass is 32.2. The SMILES string of the molecule is Cc1ccc(S(=O)(=O)NC(=O)NN2CCCC2)cc1. The highest BCUT2D eigenvalue weighted by Crippen LogP contribution is 2.10. The molecule has 6 nitrogen and oxygen atoms in total. The molecule has 2 N–H and O–H groups in total. The molecule has 1 aliphatic heterocycles. The number of hydrogen-bond acceptors (Lipinski definition) is 4.